The second-order valence-corrected chi connectivity index (χ2v) is 6.78. The van der Waals surface area contributed by atoms with Crippen molar-refractivity contribution in [2.24, 2.45) is 10.9 Å². The number of ether oxygens (including phenoxy) is 1. The van der Waals surface area contributed by atoms with Crippen LogP contribution in [0.1, 0.15) is 31.0 Å². The molecule has 2 atom stereocenters. The molecule has 3 heterocycles. The fourth-order valence-corrected chi connectivity index (χ4v) is 3.97. The SMILES string of the molecule is COC(=O)C1C(C)=NC(C)=C(c2cccnc2)C1c1cc2ccccc2[nH]1. The number of pyridine rings is 1. The number of para-hydroxylation sites is 1. The highest BCUT2D eigenvalue weighted by molar-refractivity contribution is 6.06. The maximum absolute atomic E-state index is 12.7. The van der Waals surface area contributed by atoms with Crippen molar-refractivity contribution >= 4 is 28.2 Å². The lowest BCUT2D eigenvalue weighted by molar-refractivity contribution is -0.143. The Morgan fingerprint density at radius 3 is 2.67 bits per heavy atom. The topological polar surface area (TPSA) is 67.3 Å². The smallest absolute Gasteiger partial charge is 0.315 e. The molecule has 0 radical (unpaired) electrons. The van der Waals surface area contributed by atoms with Crippen LogP contribution >= 0.6 is 0 Å². The van der Waals surface area contributed by atoms with Gasteiger partial charge < -0.3 is 9.72 Å². The summed E-state index contributed by atoms with van der Waals surface area (Å²) in [4.78, 5) is 25.1. The van der Waals surface area contributed by atoms with Crippen molar-refractivity contribution in [3.8, 4) is 0 Å². The number of nitrogens with zero attached hydrogens (tertiary/aromatic N) is 2. The zero-order valence-electron chi connectivity index (χ0n) is 15.6. The van der Waals surface area contributed by atoms with E-state index in [4.69, 9.17) is 4.74 Å². The van der Waals surface area contributed by atoms with Gasteiger partial charge in [-0.3, -0.25) is 14.8 Å². The average Bonchev–Trinajstić information content (AvgIpc) is 3.11. The number of methoxy groups -OCH3 is 1. The third kappa shape index (κ3) is 2.95. The van der Waals surface area contributed by atoms with Crippen LogP contribution in [0.3, 0.4) is 0 Å². The molecule has 136 valence electrons. The van der Waals surface area contributed by atoms with Crippen LogP contribution in [0.15, 0.2) is 65.5 Å². The van der Waals surface area contributed by atoms with E-state index in [1.165, 1.54) is 7.11 Å². The Balaban J connectivity index is 1.95. The zero-order valence-corrected chi connectivity index (χ0v) is 15.6. The number of H-pyrrole nitrogens is 1. The molecule has 0 saturated carbocycles. The molecule has 3 aromatic rings. The van der Waals surface area contributed by atoms with Crippen LogP contribution in [-0.4, -0.2) is 28.8 Å². The number of carbonyl (C=O) groups is 1. The predicted molar refractivity (Wildman–Crippen MR) is 106 cm³/mol. The number of aromatic nitrogens is 2. The first-order valence-corrected chi connectivity index (χ1v) is 8.92. The van der Waals surface area contributed by atoms with Crippen LogP contribution in [0.25, 0.3) is 16.5 Å². The van der Waals surface area contributed by atoms with E-state index in [-0.39, 0.29) is 11.9 Å². The van der Waals surface area contributed by atoms with Crippen molar-refractivity contribution in [3.05, 3.63) is 71.8 Å². The van der Waals surface area contributed by atoms with E-state index in [9.17, 15) is 4.79 Å². The molecule has 5 nitrogen and oxygen atoms in total. The molecule has 0 aliphatic carbocycles. The largest absolute Gasteiger partial charge is 0.468 e. The van der Waals surface area contributed by atoms with Gasteiger partial charge in [0.1, 0.15) is 5.92 Å². The van der Waals surface area contributed by atoms with Gasteiger partial charge in [0.2, 0.25) is 0 Å². The number of rotatable bonds is 3. The monoisotopic (exact) mass is 359 g/mol. The van der Waals surface area contributed by atoms with Crippen molar-refractivity contribution < 1.29 is 9.53 Å². The van der Waals surface area contributed by atoms with E-state index in [1.54, 1.807) is 6.20 Å². The number of aliphatic imine (C=N–C) groups is 1. The third-order valence-electron chi connectivity index (χ3n) is 5.14. The number of benzene rings is 1. The molecular weight excluding hydrogens is 338 g/mol. The molecule has 27 heavy (non-hydrogen) atoms. The molecule has 1 aromatic carbocycles. The minimum Gasteiger partial charge on any atom is -0.468 e. The summed E-state index contributed by atoms with van der Waals surface area (Å²) in [6.07, 6.45) is 3.56. The van der Waals surface area contributed by atoms with Crippen molar-refractivity contribution in [1.82, 2.24) is 9.97 Å². The van der Waals surface area contributed by atoms with Crippen LogP contribution in [-0.2, 0) is 9.53 Å². The Morgan fingerprint density at radius 2 is 1.96 bits per heavy atom. The van der Waals surface area contributed by atoms with Crippen LogP contribution in [0.5, 0.6) is 0 Å². The van der Waals surface area contributed by atoms with Gasteiger partial charge in [-0.15, -0.1) is 0 Å². The second kappa shape index (κ2) is 6.83. The number of aromatic amines is 1. The minimum absolute atomic E-state index is 0.216. The summed E-state index contributed by atoms with van der Waals surface area (Å²) in [5, 5.41) is 1.11. The van der Waals surface area contributed by atoms with Gasteiger partial charge in [-0.1, -0.05) is 24.3 Å². The Kier molecular flexibility index (Phi) is 4.36. The summed E-state index contributed by atoms with van der Waals surface area (Å²) in [6.45, 7) is 3.87. The van der Waals surface area contributed by atoms with Crippen LogP contribution in [0, 0.1) is 5.92 Å². The number of carbonyl (C=O) groups excluding carboxylic acids is 1. The van der Waals surface area contributed by atoms with Gasteiger partial charge >= 0.3 is 5.97 Å². The lowest BCUT2D eigenvalue weighted by Crippen LogP contribution is -2.33. The molecule has 2 unspecified atom stereocenters. The Hall–Kier alpha value is -3.21. The first kappa shape index (κ1) is 17.2. The van der Waals surface area contributed by atoms with E-state index in [1.807, 2.05) is 50.4 Å². The summed E-state index contributed by atoms with van der Waals surface area (Å²) in [7, 11) is 1.42. The molecule has 0 spiro atoms. The van der Waals surface area contributed by atoms with Gasteiger partial charge in [-0.25, -0.2) is 0 Å². The van der Waals surface area contributed by atoms with E-state index < -0.39 is 5.92 Å². The highest BCUT2D eigenvalue weighted by Crippen LogP contribution is 2.44. The van der Waals surface area contributed by atoms with Crippen LogP contribution in [0.2, 0.25) is 0 Å². The normalized spacial score (nSPS) is 19.9. The first-order chi connectivity index (χ1) is 13.1. The van der Waals surface area contributed by atoms with Gasteiger partial charge in [-0.2, -0.15) is 0 Å². The minimum atomic E-state index is -0.484. The molecule has 0 fully saturated rings. The fourth-order valence-electron chi connectivity index (χ4n) is 3.97. The standard InChI is InChI=1S/C22H21N3O2/c1-13-19(16-8-6-10-23-12-16)21(20(14(2)24-13)22(26)27-3)18-11-15-7-4-5-9-17(15)25-18/h4-12,20-21,25H,1-3H3. The predicted octanol–water partition coefficient (Wildman–Crippen LogP) is 4.34. The molecule has 0 saturated heterocycles. The maximum atomic E-state index is 12.7. The quantitative estimate of drug-likeness (QED) is 0.707. The van der Waals surface area contributed by atoms with Gasteiger partial charge in [-0.05, 0) is 48.6 Å². The van der Waals surface area contributed by atoms with Crippen molar-refractivity contribution in [3.63, 3.8) is 0 Å². The zero-order chi connectivity index (χ0) is 19.0. The molecule has 4 rings (SSSR count). The second-order valence-electron chi connectivity index (χ2n) is 6.78. The Labute approximate surface area is 157 Å². The number of fused-ring (bicyclic) bond motifs is 1. The fraction of sp³-hybridized carbons (Fsp3) is 0.227. The number of allylic oxidation sites excluding steroid dienone is 2. The Morgan fingerprint density at radius 1 is 1.15 bits per heavy atom. The first-order valence-electron chi connectivity index (χ1n) is 8.92. The van der Waals surface area contributed by atoms with Gasteiger partial charge in [0.05, 0.1) is 7.11 Å². The molecular formula is C22H21N3O2. The summed E-state index contributed by atoms with van der Waals surface area (Å²) in [5.41, 5.74) is 5.62. The number of nitrogens with one attached hydrogen (secondary N) is 1. The van der Waals surface area contributed by atoms with Gasteiger partial charge in [0.25, 0.3) is 0 Å². The lowest BCUT2D eigenvalue weighted by Gasteiger charge is -2.31. The number of hydrogen-bond acceptors (Lipinski definition) is 4. The average molecular weight is 359 g/mol. The van der Waals surface area contributed by atoms with Crippen LogP contribution in [0.4, 0.5) is 0 Å². The van der Waals surface area contributed by atoms with E-state index in [0.29, 0.717) is 0 Å². The lowest BCUT2D eigenvalue weighted by atomic mass is 9.75. The highest BCUT2D eigenvalue weighted by atomic mass is 16.5. The number of hydrogen-bond donors (Lipinski definition) is 1. The molecule has 5 heteroatoms. The van der Waals surface area contributed by atoms with E-state index in [0.717, 1.165) is 39.1 Å². The highest BCUT2D eigenvalue weighted by Gasteiger charge is 2.40. The van der Waals surface area contributed by atoms with E-state index in [2.05, 4.69) is 27.1 Å². The summed E-state index contributed by atoms with van der Waals surface area (Å²) >= 11 is 0. The summed E-state index contributed by atoms with van der Waals surface area (Å²) in [5.74, 6) is -0.984. The molecule has 0 amide bonds. The molecule has 1 N–H and O–H groups in total. The third-order valence-corrected chi connectivity index (χ3v) is 5.14. The van der Waals surface area contributed by atoms with Crippen molar-refractivity contribution in [2.75, 3.05) is 7.11 Å². The van der Waals surface area contributed by atoms with Crippen LogP contribution < -0.4 is 0 Å². The summed E-state index contributed by atoms with van der Waals surface area (Å²) < 4.78 is 5.13. The van der Waals surface area contributed by atoms with E-state index >= 15 is 0 Å². The van der Waals surface area contributed by atoms with Crippen molar-refractivity contribution in [1.29, 1.82) is 0 Å². The van der Waals surface area contributed by atoms with Gasteiger partial charge in [0, 0.05) is 40.9 Å². The maximum Gasteiger partial charge on any atom is 0.315 e. The molecule has 2 aromatic heterocycles. The Bertz CT molecular complexity index is 1030. The number of esters is 1. The molecule has 1 aliphatic heterocycles. The molecule has 1 aliphatic rings. The molecule has 0 bridgehead atoms. The van der Waals surface area contributed by atoms with Gasteiger partial charge in [0.15, 0.2) is 0 Å². The van der Waals surface area contributed by atoms with Crippen molar-refractivity contribution in [2.45, 2.75) is 19.8 Å². The summed E-state index contributed by atoms with van der Waals surface area (Å²) in [6, 6.07) is 14.1.